The van der Waals surface area contributed by atoms with Gasteiger partial charge in [-0.2, -0.15) is 0 Å². The third-order valence-electron chi connectivity index (χ3n) is 3.83. The van der Waals surface area contributed by atoms with E-state index < -0.39 is 0 Å². The van der Waals surface area contributed by atoms with Crippen molar-refractivity contribution in [3.05, 3.63) is 66.2 Å². The zero-order valence-electron chi connectivity index (χ0n) is 14.3. The Balaban J connectivity index is 1.42. The van der Waals surface area contributed by atoms with E-state index in [-0.39, 0.29) is 17.5 Å². The second kappa shape index (κ2) is 7.50. The number of carbonyl (C=O) groups excluding carboxylic acids is 1. The van der Waals surface area contributed by atoms with Crippen LogP contribution < -0.4 is 5.32 Å². The quantitative estimate of drug-likeness (QED) is 0.497. The van der Waals surface area contributed by atoms with Crippen LogP contribution in [0.3, 0.4) is 0 Å². The normalized spacial score (nSPS) is 11.0. The Labute approximate surface area is 163 Å². The maximum atomic E-state index is 13.1. The van der Waals surface area contributed by atoms with Crippen LogP contribution in [0.5, 0.6) is 0 Å². The smallest absolute Gasteiger partial charge is 0.236 e. The minimum absolute atomic E-state index is 0.149. The van der Waals surface area contributed by atoms with E-state index in [1.54, 1.807) is 24.5 Å². The minimum Gasteiger partial charge on any atom is -0.301 e. The van der Waals surface area contributed by atoms with E-state index in [4.69, 9.17) is 0 Å². The average molecular weight is 398 g/mol. The highest BCUT2D eigenvalue weighted by Gasteiger charge is 2.11. The van der Waals surface area contributed by atoms with Crippen molar-refractivity contribution in [3.8, 4) is 5.69 Å². The molecule has 8 heteroatoms. The number of nitrogens with one attached hydrogen (secondary N) is 1. The van der Waals surface area contributed by atoms with Crippen LogP contribution in [0.25, 0.3) is 15.9 Å². The maximum absolute atomic E-state index is 13.1. The summed E-state index contributed by atoms with van der Waals surface area (Å²) in [6, 6.07) is 12.1. The number of rotatable bonds is 5. The number of imidazole rings is 1. The fraction of sp³-hybridized carbons (Fsp3) is 0.105. The molecule has 2 aromatic heterocycles. The number of aryl methyl sites for hydroxylation is 1. The van der Waals surface area contributed by atoms with Gasteiger partial charge in [-0.3, -0.25) is 9.36 Å². The predicted octanol–water partition coefficient (Wildman–Crippen LogP) is 4.66. The Morgan fingerprint density at radius 3 is 2.89 bits per heavy atom. The third-order valence-corrected chi connectivity index (χ3v) is 5.73. The SMILES string of the molecule is Cc1ccc2nc(NC(=O)CSc3nccn3-c3ccc(F)cc3)sc2c1. The molecule has 1 N–H and O–H groups in total. The Kier molecular flexibility index (Phi) is 4.91. The van der Waals surface area contributed by atoms with E-state index in [2.05, 4.69) is 21.4 Å². The number of thioether (sulfide) groups is 1. The molecule has 0 saturated heterocycles. The van der Waals surface area contributed by atoms with Gasteiger partial charge in [0.2, 0.25) is 5.91 Å². The summed E-state index contributed by atoms with van der Waals surface area (Å²) in [7, 11) is 0. The van der Waals surface area contributed by atoms with Crippen LogP contribution in [0, 0.1) is 12.7 Å². The molecule has 0 radical (unpaired) electrons. The summed E-state index contributed by atoms with van der Waals surface area (Å²) in [4.78, 5) is 21.0. The van der Waals surface area contributed by atoms with Crippen molar-refractivity contribution >= 4 is 44.4 Å². The molecule has 0 bridgehead atoms. The first-order chi connectivity index (χ1) is 13.1. The molecule has 2 heterocycles. The van der Waals surface area contributed by atoms with Crippen molar-refractivity contribution < 1.29 is 9.18 Å². The van der Waals surface area contributed by atoms with Crippen LogP contribution in [-0.2, 0) is 4.79 Å². The monoisotopic (exact) mass is 398 g/mol. The van der Waals surface area contributed by atoms with Crippen molar-refractivity contribution in [1.29, 1.82) is 0 Å². The van der Waals surface area contributed by atoms with E-state index in [9.17, 15) is 9.18 Å². The molecule has 136 valence electrons. The first kappa shape index (κ1) is 17.7. The molecular formula is C19H15FN4OS2. The van der Waals surface area contributed by atoms with Gasteiger partial charge in [0.05, 0.1) is 16.0 Å². The Morgan fingerprint density at radius 1 is 1.26 bits per heavy atom. The van der Waals surface area contributed by atoms with Gasteiger partial charge in [-0.25, -0.2) is 14.4 Å². The number of thiazole rings is 1. The summed E-state index contributed by atoms with van der Waals surface area (Å²) in [6.07, 6.45) is 3.43. The number of aromatic nitrogens is 3. The molecule has 0 spiro atoms. The third kappa shape index (κ3) is 4.01. The lowest BCUT2D eigenvalue weighted by molar-refractivity contribution is -0.113. The summed E-state index contributed by atoms with van der Waals surface area (Å²) >= 11 is 2.77. The van der Waals surface area contributed by atoms with E-state index >= 15 is 0 Å². The Bertz CT molecular complexity index is 1100. The van der Waals surface area contributed by atoms with E-state index in [1.165, 1.54) is 35.2 Å². The number of fused-ring (bicyclic) bond motifs is 1. The molecule has 4 rings (SSSR count). The highest BCUT2D eigenvalue weighted by Crippen LogP contribution is 2.27. The topological polar surface area (TPSA) is 59.8 Å². The zero-order valence-corrected chi connectivity index (χ0v) is 16.0. The fourth-order valence-corrected chi connectivity index (χ4v) is 4.32. The highest BCUT2D eigenvalue weighted by molar-refractivity contribution is 7.99. The molecule has 0 aliphatic carbocycles. The fourth-order valence-electron chi connectivity index (χ4n) is 2.57. The number of hydrogen-bond acceptors (Lipinski definition) is 5. The predicted molar refractivity (Wildman–Crippen MR) is 107 cm³/mol. The Morgan fingerprint density at radius 2 is 2.07 bits per heavy atom. The Hall–Kier alpha value is -2.71. The highest BCUT2D eigenvalue weighted by atomic mass is 32.2. The average Bonchev–Trinajstić information content (AvgIpc) is 3.26. The number of benzene rings is 2. The van der Waals surface area contributed by atoms with Crippen molar-refractivity contribution in [1.82, 2.24) is 14.5 Å². The van der Waals surface area contributed by atoms with Crippen LogP contribution >= 0.6 is 23.1 Å². The molecule has 0 atom stereocenters. The second-order valence-corrected chi connectivity index (χ2v) is 7.86. The van der Waals surface area contributed by atoms with Crippen molar-refractivity contribution in [3.63, 3.8) is 0 Å². The molecule has 27 heavy (non-hydrogen) atoms. The molecular weight excluding hydrogens is 383 g/mol. The standard InChI is InChI=1S/C19H15FN4OS2/c1-12-2-7-15-16(10-12)27-18(22-15)23-17(25)11-26-19-21-8-9-24(19)14-5-3-13(20)4-6-14/h2-10H,11H2,1H3,(H,22,23,25). The lowest BCUT2D eigenvalue weighted by atomic mass is 10.2. The number of carbonyl (C=O) groups is 1. The van der Waals surface area contributed by atoms with Crippen LogP contribution in [0.15, 0.2) is 60.0 Å². The first-order valence-corrected chi connectivity index (χ1v) is 9.98. The van der Waals surface area contributed by atoms with Gasteiger partial charge in [-0.1, -0.05) is 29.2 Å². The van der Waals surface area contributed by atoms with Crippen molar-refractivity contribution in [2.45, 2.75) is 12.1 Å². The number of halogens is 1. The van der Waals surface area contributed by atoms with Gasteiger partial charge >= 0.3 is 0 Å². The maximum Gasteiger partial charge on any atom is 0.236 e. The molecule has 2 aromatic carbocycles. The zero-order chi connectivity index (χ0) is 18.8. The van der Waals surface area contributed by atoms with Gasteiger partial charge in [-0.15, -0.1) is 0 Å². The summed E-state index contributed by atoms with van der Waals surface area (Å²) in [5.41, 5.74) is 2.82. The van der Waals surface area contributed by atoms with Gasteiger partial charge in [0.1, 0.15) is 5.82 Å². The number of nitrogens with zero attached hydrogens (tertiary/aromatic N) is 3. The van der Waals surface area contributed by atoms with Crippen molar-refractivity contribution in [2.24, 2.45) is 0 Å². The molecule has 5 nitrogen and oxygen atoms in total. The summed E-state index contributed by atoms with van der Waals surface area (Å²) in [5, 5.41) is 4.09. The molecule has 4 aromatic rings. The second-order valence-electron chi connectivity index (χ2n) is 5.88. The largest absolute Gasteiger partial charge is 0.301 e. The van der Waals surface area contributed by atoms with Gasteiger partial charge in [-0.05, 0) is 48.9 Å². The molecule has 1 amide bonds. The van der Waals surface area contributed by atoms with Crippen LogP contribution in [0.4, 0.5) is 9.52 Å². The van der Waals surface area contributed by atoms with E-state index in [0.29, 0.717) is 10.3 Å². The molecule has 0 aliphatic heterocycles. The molecule has 0 unspecified atom stereocenters. The van der Waals surface area contributed by atoms with Crippen LogP contribution in [0.2, 0.25) is 0 Å². The van der Waals surface area contributed by atoms with Gasteiger partial charge in [0, 0.05) is 18.1 Å². The number of hydrogen-bond donors (Lipinski definition) is 1. The van der Waals surface area contributed by atoms with Gasteiger partial charge in [0.15, 0.2) is 10.3 Å². The first-order valence-electron chi connectivity index (χ1n) is 8.17. The van der Waals surface area contributed by atoms with Gasteiger partial charge < -0.3 is 5.32 Å². The van der Waals surface area contributed by atoms with Crippen LogP contribution in [0.1, 0.15) is 5.56 Å². The summed E-state index contributed by atoms with van der Waals surface area (Å²) in [5.74, 6) is -0.240. The lowest BCUT2D eigenvalue weighted by Gasteiger charge is -2.07. The lowest BCUT2D eigenvalue weighted by Crippen LogP contribution is -2.14. The molecule has 0 fully saturated rings. The van der Waals surface area contributed by atoms with E-state index in [0.717, 1.165) is 21.5 Å². The molecule has 0 aliphatic rings. The minimum atomic E-state index is -0.293. The summed E-state index contributed by atoms with van der Waals surface area (Å²) in [6.45, 7) is 2.03. The summed E-state index contributed by atoms with van der Waals surface area (Å²) < 4.78 is 16.0. The van der Waals surface area contributed by atoms with Gasteiger partial charge in [0.25, 0.3) is 0 Å². The van der Waals surface area contributed by atoms with Crippen molar-refractivity contribution in [2.75, 3.05) is 11.1 Å². The number of anilines is 1. The number of amides is 1. The van der Waals surface area contributed by atoms with Crippen LogP contribution in [-0.4, -0.2) is 26.2 Å². The van der Waals surface area contributed by atoms with E-state index in [1.807, 2.05) is 23.6 Å². The molecule has 0 saturated carbocycles.